The summed E-state index contributed by atoms with van der Waals surface area (Å²) in [5.41, 5.74) is 1.71. The van der Waals surface area contributed by atoms with Crippen LogP contribution in [0.5, 0.6) is 11.5 Å². The van der Waals surface area contributed by atoms with Gasteiger partial charge in [-0.1, -0.05) is 24.2 Å². The summed E-state index contributed by atoms with van der Waals surface area (Å²) in [7, 11) is 1.63. The smallest absolute Gasteiger partial charge is 0.258 e. The van der Waals surface area contributed by atoms with Crippen LogP contribution in [0.1, 0.15) is 13.3 Å². The lowest BCUT2D eigenvalue weighted by Crippen LogP contribution is -1.94. The molecule has 3 aromatic rings. The van der Waals surface area contributed by atoms with E-state index in [0.717, 1.165) is 29.0 Å². The summed E-state index contributed by atoms with van der Waals surface area (Å²) in [6, 6.07) is 15.2. The van der Waals surface area contributed by atoms with E-state index < -0.39 is 0 Å². The molecule has 0 fully saturated rings. The van der Waals surface area contributed by atoms with Gasteiger partial charge < -0.3 is 14.0 Å². The molecule has 1 aromatic heterocycles. The number of rotatable bonds is 6. The van der Waals surface area contributed by atoms with Crippen molar-refractivity contribution in [1.82, 2.24) is 10.1 Å². The molecule has 0 spiro atoms. The van der Waals surface area contributed by atoms with Gasteiger partial charge in [0.25, 0.3) is 5.89 Å². The molecule has 0 aliphatic rings. The lowest BCUT2D eigenvalue weighted by molar-refractivity contribution is 0.317. The molecule has 2 aromatic carbocycles. The van der Waals surface area contributed by atoms with Gasteiger partial charge in [0.05, 0.1) is 13.7 Å². The molecular weight excluding hydrogens is 292 g/mol. The van der Waals surface area contributed by atoms with Crippen molar-refractivity contribution < 1.29 is 14.0 Å². The molecule has 0 amide bonds. The van der Waals surface area contributed by atoms with Crippen molar-refractivity contribution in [1.29, 1.82) is 0 Å². The number of benzene rings is 2. The minimum Gasteiger partial charge on any atom is -0.497 e. The van der Waals surface area contributed by atoms with Crippen molar-refractivity contribution >= 4 is 0 Å². The molecule has 0 radical (unpaired) electrons. The predicted octanol–water partition coefficient (Wildman–Crippen LogP) is 4.20. The van der Waals surface area contributed by atoms with Gasteiger partial charge in [-0.05, 0) is 42.8 Å². The summed E-state index contributed by atoms with van der Waals surface area (Å²) in [6.07, 6.45) is 0.981. The Morgan fingerprint density at radius 1 is 1.00 bits per heavy atom. The number of hydrogen-bond donors (Lipinski definition) is 0. The highest BCUT2D eigenvalue weighted by atomic mass is 16.5. The maximum absolute atomic E-state index is 5.57. The number of hydrogen-bond acceptors (Lipinski definition) is 5. The van der Waals surface area contributed by atoms with Crippen molar-refractivity contribution in [2.24, 2.45) is 0 Å². The van der Waals surface area contributed by atoms with Crippen LogP contribution >= 0.6 is 0 Å². The van der Waals surface area contributed by atoms with Crippen LogP contribution < -0.4 is 9.47 Å². The lowest BCUT2D eigenvalue weighted by atomic mass is 10.2. The van der Waals surface area contributed by atoms with Crippen LogP contribution in [-0.2, 0) is 0 Å². The van der Waals surface area contributed by atoms with Crippen molar-refractivity contribution in [3.05, 3.63) is 48.5 Å². The second-order valence-corrected chi connectivity index (χ2v) is 5.03. The van der Waals surface area contributed by atoms with Crippen LogP contribution in [0.3, 0.4) is 0 Å². The van der Waals surface area contributed by atoms with E-state index in [2.05, 4.69) is 17.1 Å². The number of aromatic nitrogens is 2. The summed E-state index contributed by atoms with van der Waals surface area (Å²) in [6.45, 7) is 2.78. The fourth-order valence-corrected chi connectivity index (χ4v) is 2.13. The van der Waals surface area contributed by atoms with Crippen LogP contribution in [0.4, 0.5) is 0 Å². The van der Waals surface area contributed by atoms with Crippen LogP contribution in [0.2, 0.25) is 0 Å². The molecule has 5 nitrogen and oxygen atoms in total. The molecule has 0 aliphatic heterocycles. The number of methoxy groups -OCH3 is 1. The maximum atomic E-state index is 5.57. The van der Waals surface area contributed by atoms with Gasteiger partial charge in [-0.15, -0.1) is 0 Å². The van der Waals surface area contributed by atoms with Gasteiger partial charge >= 0.3 is 0 Å². The van der Waals surface area contributed by atoms with Gasteiger partial charge in [0.2, 0.25) is 5.82 Å². The largest absolute Gasteiger partial charge is 0.497 e. The van der Waals surface area contributed by atoms with Crippen LogP contribution in [0, 0.1) is 0 Å². The summed E-state index contributed by atoms with van der Waals surface area (Å²) in [5.74, 6) is 2.60. The minimum absolute atomic E-state index is 0.477. The average molecular weight is 310 g/mol. The van der Waals surface area contributed by atoms with E-state index in [4.69, 9.17) is 14.0 Å². The Hall–Kier alpha value is -2.82. The first-order valence-corrected chi connectivity index (χ1v) is 7.51. The number of nitrogens with zero attached hydrogens (tertiary/aromatic N) is 2. The van der Waals surface area contributed by atoms with Crippen molar-refractivity contribution in [2.45, 2.75) is 13.3 Å². The van der Waals surface area contributed by atoms with E-state index >= 15 is 0 Å². The molecule has 0 N–H and O–H groups in total. The zero-order valence-electron chi connectivity index (χ0n) is 13.2. The Morgan fingerprint density at radius 2 is 1.83 bits per heavy atom. The SMILES string of the molecule is CCCOc1ccc(-c2nc(-c3cccc(OC)c3)no2)cc1. The predicted molar refractivity (Wildman–Crippen MR) is 87.5 cm³/mol. The zero-order chi connectivity index (χ0) is 16.1. The number of ether oxygens (including phenoxy) is 2. The highest BCUT2D eigenvalue weighted by molar-refractivity contribution is 5.61. The Morgan fingerprint density at radius 3 is 2.57 bits per heavy atom. The summed E-state index contributed by atoms with van der Waals surface area (Å²) in [4.78, 5) is 4.44. The quantitative estimate of drug-likeness (QED) is 0.683. The molecule has 118 valence electrons. The average Bonchev–Trinajstić information content (AvgIpc) is 3.10. The molecular formula is C18H18N2O3. The molecule has 3 rings (SSSR count). The highest BCUT2D eigenvalue weighted by Crippen LogP contribution is 2.26. The van der Waals surface area contributed by atoms with Crippen LogP contribution in [0.25, 0.3) is 22.8 Å². The van der Waals surface area contributed by atoms with E-state index in [-0.39, 0.29) is 0 Å². The van der Waals surface area contributed by atoms with Crippen molar-refractivity contribution in [2.75, 3.05) is 13.7 Å². The third-order valence-electron chi connectivity index (χ3n) is 3.33. The molecule has 0 atom stereocenters. The van der Waals surface area contributed by atoms with E-state index in [0.29, 0.717) is 18.3 Å². The molecule has 0 saturated carbocycles. The fourth-order valence-electron chi connectivity index (χ4n) is 2.13. The van der Waals surface area contributed by atoms with Gasteiger partial charge in [0.15, 0.2) is 0 Å². The van der Waals surface area contributed by atoms with Gasteiger partial charge in [0.1, 0.15) is 11.5 Å². The minimum atomic E-state index is 0.477. The molecule has 23 heavy (non-hydrogen) atoms. The molecule has 1 heterocycles. The van der Waals surface area contributed by atoms with E-state index in [1.807, 2.05) is 48.5 Å². The summed E-state index contributed by atoms with van der Waals surface area (Å²) < 4.78 is 16.1. The molecule has 0 aliphatic carbocycles. The summed E-state index contributed by atoms with van der Waals surface area (Å²) >= 11 is 0. The molecule has 0 unspecified atom stereocenters. The van der Waals surface area contributed by atoms with Gasteiger partial charge in [-0.3, -0.25) is 0 Å². The second kappa shape index (κ2) is 6.96. The third-order valence-corrected chi connectivity index (χ3v) is 3.33. The summed E-state index contributed by atoms with van der Waals surface area (Å²) in [5, 5.41) is 4.04. The molecule has 0 saturated heterocycles. The Labute approximate surface area is 134 Å². The van der Waals surface area contributed by atoms with Crippen molar-refractivity contribution in [3.8, 4) is 34.3 Å². The first-order chi connectivity index (χ1) is 11.3. The van der Waals surface area contributed by atoms with Gasteiger partial charge in [0, 0.05) is 11.1 Å². The van der Waals surface area contributed by atoms with Gasteiger partial charge in [-0.25, -0.2) is 0 Å². The second-order valence-electron chi connectivity index (χ2n) is 5.03. The Kier molecular flexibility index (Phi) is 4.57. The van der Waals surface area contributed by atoms with Crippen LogP contribution in [0.15, 0.2) is 53.1 Å². The maximum Gasteiger partial charge on any atom is 0.258 e. The van der Waals surface area contributed by atoms with E-state index in [9.17, 15) is 0 Å². The van der Waals surface area contributed by atoms with Gasteiger partial charge in [-0.2, -0.15) is 4.98 Å². The zero-order valence-corrected chi connectivity index (χ0v) is 13.2. The topological polar surface area (TPSA) is 57.4 Å². The normalized spacial score (nSPS) is 10.5. The molecule has 0 bridgehead atoms. The first kappa shape index (κ1) is 15.1. The highest BCUT2D eigenvalue weighted by Gasteiger charge is 2.11. The van der Waals surface area contributed by atoms with E-state index in [1.165, 1.54) is 0 Å². The Bertz CT molecular complexity index is 766. The standard InChI is InChI=1S/C18H18N2O3/c1-3-11-22-15-9-7-13(8-10-15)18-19-17(20-23-18)14-5-4-6-16(12-14)21-2/h4-10,12H,3,11H2,1-2H3. The lowest BCUT2D eigenvalue weighted by Gasteiger charge is -2.03. The Balaban J connectivity index is 1.81. The fraction of sp³-hybridized carbons (Fsp3) is 0.222. The van der Waals surface area contributed by atoms with E-state index in [1.54, 1.807) is 7.11 Å². The first-order valence-electron chi connectivity index (χ1n) is 7.51. The van der Waals surface area contributed by atoms with Crippen LogP contribution in [-0.4, -0.2) is 23.9 Å². The van der Waals surface area contributed by atoms with Crippen molar-refractivity contribution in [3.63, 3.8) is 0 Å². The molecule has 5 heteroatoms. The monoisotopic (exact) mass is 310 g/mol. The third kappa shape index (κ3) is 3.51.